The molecule has 3 aromatic rings. The van der Waals surface area contributed by atoms with E-state index in [1.807, 2.05) is 12.1 Å². The summed E-state index contributed by atoms with van der Waals surface area (Å²) in [6.45, 7) is 6.74. The Morgan fingerprint density at radius 3 is 2.14 bits per heavy atom. The standard InChI is InChI=1S/C31H32F3N3O5/c1-30(2,3)42-29(40)36-22-16-17-37(18-22)23-14-12-21(13-15-23)35-27(38)24-6-5-7-25(28(39)41-4)26(24)19-8-10-20(11-9-19)31(32,33)34/h5-15,22H,16-18H2,1-4H3,(H,35,38)(H,36,40). The molecule has 2 amide bonds. The first-order valence-corrected chi connectivity index (χ1v) is 13.3. The van der Waals surface area contributed by atoms with Crippen LogP contribution in [0.3, 0.4) is 0 Å². The highest BCUT2D eigenvalue weighted by Gasteiger charge is 2.31. The molecule has 1 saturated heterocycles. The normalized spacial score (nSPS) is 15.2. The van der Waals surface area contributed by atoms with Crippen LogP contribution in [0.25, 0.3) is 11.1 Å². The van der Waals surface area contributed by atoms with Crippen molar-refractivity contribution in [1.29, 1.82) is 0 Å². The van der Waals surface area contributed by atoms with Crippen molar-refractivity contribution in [2.75, 3.05) is 30.4 Å². The Balaban J connectivity index is 1.50. The van der Waals surface area contributed by atoms with Gasteiger partial charge >= 0.3 is 18.2 Å². The molecule has 0 spiro atoms. The third-order valence-corrected chi connectivity index (χ3v) is 6.61. The number of amides is 2. The summed E-state index contributed by atoms with van der Waals surface area (Å²) in [7, 11) is 1.18. The van der Waals surface area contributed by atoms with E-state index in [2.05, 4.69) is 15.5 Å². The van der Waals surface area contributed by atoms with E-state index in [0.29, 0.717) is 12.2 Å². The van der Waals surface area contributed by atoms with Gasteiger partial charge in [0.25, 0.3) is 5.91 Å². The van der Waals surface area contributed by atoms with E-state index in [0.717, 1.165) is 30.8 Å². The number of nitrogens with one attached hydrogen (secondary N) is 2. The molecule has 3 aromatic carbocycles. The Hall–Kier alpha value is -4.54. The second-order valence-electron chi connectivity index (χ2n) is 10.9. The fraction of sp³-hybridized carbons (Fsp3) is 0.323. The lowest BCUT2D eigenvalue weighted by atomic mass is 9.93. The predicted octanol–water partition coefficient (Wildman–Crippen LogP) is 6.51. The molecule has 8 nitrogen and oxygen atoms in total. The SMILES string of the molecule is COC(=O)c1cccc(C(=O)Nc2ccc(N3CCC(NC(=O)OC(C)(C)C)C3)cc2)c1-c1ccc(C(F)(F)F)cc1. The number of esters is 1. The molecule has 0 radical (unpaired) electrons. The summed E-state index contributed by atoms with van der Waals surface area (Å²) in [6, 6.07) is 15.8. The monoisotopic (exact) mass is 583 g/mol. The number of nitrogens with zero attached hydrogens (tertiary/aromatic N) is 1. The van der Waals surface area contributed by atoms with Crippen LogP contribution < -0.4 is 15.5 Å². The third-order valence-electron chi connectivity index (χ3n) is 6.61. The quantitative estimate of drug-likeness (QED) is 0.321. The molecule has 0 aliphatic carbocycles. The third kappa shape index (κ3) is 7.39. The number of carbonyl (C=O) groups is 3. The predicted molar refractivity (Wildman–Crippen MR) is 153 cm³/mol. The zero-order chi connectivity index (χ0) is 30.7. The van der Waals surface area contributed by atoms with Gasteiger partial charge in [0, 0.05) is 35.6 Å². The van der Waals surface area contributed by atoms with Crippen LogP contribution in [0.1, 0.15) is 53.5 Å². The minimum Gasteiger partial charge on any atom is -0.465 e. The molecule has 11 heteroatoms. The average molecular weight is 584 g/mol. The van der Waals surface area contributed by atoms with Crippen molar-refractivity contribution in [3.63, 3.8) is 0 Å². The van der Waals surface area contributed by atoms with E-state index in [-0.39, 0.29) is 28.3 Å². The van der Waals surface area contributed by atoms with Gasteiger partial charge < -0.3 is 25.0 Å². The lowest BCUT2D eigenvalue weighted by Crippen LogP contribution is -2.40. The minimum atomic E-state index is -4.53. The van der Waals surface area contributed by atoms with Crippen LogP contribution in [0.5, 0.6) is 0 Å². The Kier molecular flexibility index (Phi) is 8.79. The van der Waals surface area contributed by atoms with Crippen molar-refractivity contribution in [1.82, 2.24) is 5.32 Å². The van der Waals surface area contributed by atoms with Crippen LogP contribution in [0.2, 0.25) is 0 Å². The summed E-state index contributed by atoms with van der Waals surface area (Å²) in [5.74, 6) is -1.28. The zero-order valence-corrected chi connectivity index (χ0v) is 23.7. The number of hydrogen-bond acceptors (Lipinski definition) is 6. The molecular formula is C31H32F3N3O5. The van der Waals surface area contributed by atoms with Crippen LogP contribution in [0, 0.1) is 0 Å². The number of benzene rings is 3. The van der Waals surface area contributed by atoms with Gasteiger partial charge in [0.2, 0.25) is 0 Å². The number of rotatable bonds is 6. The van der Waals surface area contributed by atoms with Gasteiger partial charge in [0.1, 0.15) is 5.60 Å². The molecule has 1 atom stereocenters. The van der Waals surface area contributed by atoms with Crippen molar-refractivity contribution in [3.05, 3.63) is 83.4 Å². The molecule has 1 aliphatic rings. The number of anilines is 2. The Bertz CT molecular complexity index is 1450. The molecule has 0 bridgehead atoms. The zero-order valence-electron chi connectivity index (χ0n) is 23.7. The first-order chi connectivity index (χ1) is 19.7. The average Bonchev–Trinajstić information content (AvgIpc) is 3.39. The molecule has 1 fully saturated rings. The first-order valence-electron chi connectivity index (χ1n) is 13.3. The van der Waals surface area contributed by atoms with Gasteiger partial charge in [0.15, 0.2) is 0 Å². The summed E-state index contributed by atoms with van der Waals surface area (Å²) in [5.41, 5.74) is 0.509. The van der Waals surface area contributed by atoms with Gasteiger partial charge in [-0.15, -0.1) is 0 Å². The Morgan fingerprint density at radius 1 is 0.905 bits per heavy atom. The molecule has 42 heavy (non-hydrogen) atoms. The van der Waals surface area contributed by atoms with Crippen molar-refractivity contribution in [2.45, 2.75) is 45.0 Å². The highest BCUT2D eigenvalue weighted by Crippen LogP contribution is 2.34. The molecule has 222 valence electrons. The number of halogens is 3. The summed E-state index contributed by atoms with van der Waals surface area (Å²) in [5, 5.41) is 5.69. The maximum atomic E-state index is 13.4. The summed E-state index contributed by atoms with van der Waals surface area (Å²) in [4.78, 5) is 40.1. The van der Waals surface area contributed by atoms with Crippen LogP contribution in [0.4, 0.5) is 29.3 Å². The second kappa shape index (κ2) is 12.1. The number of alkyl halides is 3. The van der Waals surface area contributed by atoms with E-state index >= 15 is 0 Å². The van der Waals surface area contributed by atoms with Crippen LogP contribution in [-0.4, -0.2) is 49.8 Å². The number of alkyl carbamates (subject to hydrolysis) is 1. The highest BCUT2D eigenvalue weighted by atomic mass is 19.4. The summed E-state index contributed by atoms with van der Waals surface area (Å²) < 4.78 is 49.6. The van der Waals surface area contributed by atoms with E-state index in [1.54, 1.807) is 32.9 Å². The molecule has 1 aliphatic heterocycles. The fourth-order valence-electron chi connectivity index (χ4n) is 4.70. The smallest absolute Gasteiger partial charge is 0.416 e. The van der Waals surface area contributed by atoms with E-state index in [1.165, 1.54) is 37.4 Å². The summed E-state index contributed by atoms with van der Waals surface area (Å²) >= 11 is 0. The van der Waals surface area contributed by atoms with Gasteiger partial charge in [-0.05, 0) is 81.3 Å². The fourth-order valence-corrected chi connectivity index (χ4v) is 4.70. The molecule has 4 rings (SSSR count). The van der Waals surface area contributed by atoms with Gasteiger partial charge in [-0.25, -0.2) is 9.59 Å². The number of ether oxygens (including phenoxy) is 2. The van der Waals surface area contributed by atoms with Gasteiger partial charge in [-0.2, -0.15) is 13.2 Å². The molecular weight excluding hydrogens is 551 g/mol. The van der Waals surface area contributed by atoms with Gasteiger partial charge in [-0.3, -0.25) is 4.79 Å². The topological polar surface area (TPSA) is 97.0 Å². The number of methoxy groups -OCH3 is 1. The summed E-state index contributed by atoms with van der Waals surface area (Å²) in [6.07, 6.45) is -4.24. The lowest BCUT2D eigenvalue weighted by Gasteiger charge is -2.22. The lowest BCUT2D eigenvalue weighted by molar-refractivity contribution is -0.137. The first kappa shape index (κ1) is 30.4. The van der Waals surface area contributed by atoms with Crippen molar-refractivity contribution in [3.8, 4) is 11.1 Å². The van der Waals surface area contributed by atoms with E-state index < -0.39 is 35.3 Å². The Labute approximate surface area is 241 Å². The minimum absolute atomic E-state index is 0.0452. The van der Waals surface area contributed by atoms with Crippen molar-refractivity contribution >= 4 is 29.3 Å². The maximum absolute atomic E-state index is 13.4. The van der Waals surface area contributed by atoms with Crippen LogP contribution >= 0.6 is 0 Å². The molecule has 2 N–H and O–H groups in total. The maximum Gasteiger partial charge on any atom is 0.416 e. The molecule has 1 unspecified atom stereocenters. The van der Waals surface area contributed by atoms with Gasteiger partial charge in [-0.1, -0.05) is 18.2 Å². The van der Waals surface area contributed by atoms with Crippen LogP contribution in [0.15, 0.2) is 66.7 Å². The second-order valence-corrected chi connectivity index (χ2v) is 10.9. The number of hydrogen-bond donors (Lipinski definition) is 2. The van der Waals surface area contributed by atoms with Crippen molar-refractivity contribution in [2.24, 2.45) is 0 Å². The van der Waals surface area contributed by atoms with Gasteiger partial charge in [0.05, 0.1) is 24.3 Å². The highest BCUT2D eigenvalue weighted by molar-refractivity contribution is 6.12. The Morgan fingerprint density at radius 2 is 1.55 bits per heavy atom. The molecule has 0 aromatic heterocycles. The number of carbonyl (C=O) groups excluding carboxylic acids is 3. The van der Waals surface area contributed by atoms with Crippen LogP contribution in [-0.2, 0) is 15.7 Å². The van der Waals surface area contributed by atoms with E-state index in [9.17, 15) is 27.6 Å². The molecule has 0 saturated carbocycles. The van der Waals surface area contributed by atoms with Crippen molar-refractivity contribution < 1.29 is 37.0 Å². The molecule has 1 heterocycles. The van der Waals surface area contributed by atoms with E-state index in [4.69, 9.17) is 9.47 Å². The largest absolute Gasteiger partial charge is 0.465 e.